The Labute approximate surface area is 118 Å². The lowest BCUT2D eigenvalue weighted by Crippen LogP contribution is -2.29. The minimum absolute atomic E-state index is 0.405. The van der Waals surface area contributed by atoms with Crippen molar-refractivity contribution in [1.82, 2.24) is 0 Å². The molecule has 0 atom stereocenters. The zero-order valence-electron chi connectivity index (χ0n) is 9.63. The van der Waals surface area contributed by atoms with Crippen LogP contribution in [0.3, 0.4) is 0 Å². The van der Waals surface area contributed by atoms with Gasteiger partial charge in [0.2, 0.25) is 0 Å². The fourth-order valence-corrected chi connectivity index (χ4v) is 3.95. The maximum absolute atomic E-state index is 11.3. The van der Waals surface area contributed by atoms with E-state index in [4.69, 9.17) is 11.6 Å². The Morgan fingerprint density at radius 2 is 2.06 bits per heavy atom. The Morgan fingerprint density at radius 3 is 2.71 bits per heavy atom. The van der Waals surface area contributed by atoms with Gasteiger partial charge in [-0.05, 0) is 53.4 Å². The molecule has 5 heteroatoms. The van der Waals surface area contributed by atoms with Crippen LogP contribution < -0.4 is 5.32 Å². The van der Waals surface area contributed by atoms with Gasteiger partial charge in [0.15, 0.2) is 0 Å². The largest absolute Gasteiger partial charge is 0.381 e. The molecule has 94 valence electrons. The summed E-state index contributed by atoms with van der Waals surface area (Å²) in [6.07, 6.45) is 1.93. The van der Waals surface area contributed by atoms with E-state index in [0.717, 1.165) is 45.1 Å². The van der Waals surface area contributed by atoms with Crippen LogP contribution in [0.5, 0.6) is 0 Å². The monoisotopic (exact) mass is 335 g/mol. The number of rotatable bonds is 2. The highest BCUT2D eigenvalue weighted by Crippen LogP contribution is 2.30. The van der Waals surface area contributed by atoms with Crippen molar-refractivity contribution in [2.75, 3.05) is 16.8 Å². The summed E-state index contributed by atoms with van der Waals surface area (Å²) in [4.78, 5) is 0. The summed E-state index contributed by atoms with van der Waals surface area (Å²) in [6.45, 7) is 1.99. The normalized spacial score (nSPS) is 24.6. The van der Waals surface area contributed by atoms with E-state index in [1.807, 2.05) is 19.1 Å². The van der Waals surface area contributed by atoms with Crippen molar-refractivity contribution >= 4 is 44.0 Å². The van der Waals surface area contributed by atoms with Crippen LogP contribution >= 0.6 is 27.5 Å². The van der Waals surface area contributed by atoms with Crippen LogP contribution in [0.1, 0.15) is 18.4 Å². The molecule has 1 aliphatic heterocycles. The molecule has 2 nitrogen and oxygen atoms in total. The van der Waals surface area contributed by atoms with E-state index in [1.54, 1.807) is 0 Å². The minimum Gasteiger partial charge on any atom is -0.381 e. The predicted molar refractivity (Wildman–Crippen MR) is 78.4 cm³/mol. The van der Waals surface area contributed by atoms with Gasteiger partial charge in [0.25, 0.3) is 0 Å². The summed E-state index contributed by atoms with van der Waals surface area (Å²) in [5.41, 5.74) is 2.09. The third kappa shape index (κ3) is 3.46. The first-order valence-electron chi connectivity index (χ1n) is 5.63. The predicted octanol–water partition coefficient (Wildman–Crippen LogP) is 3.73. The molecule has 0 spiro atoms. The molecule has 1 aromatic carbocycles. The molecule has 2 rings (SSSR count). The molecule has 0 aromatic heterocycles. The summed E-state index contributed by atoms with van der Waals surface area (Å²) in [6, 6.07) is 4.38. The van der Waals surface area contributed by atoms with Gasteiger partial charge in [0, 0.05) is 37.8 Å². The number of anilines is 1. The van der Waals surface area contributed by atoms with Crippen molar-refractivity contribution in [2.45, 2.75) is 25.8 Å². The smallest absolute Gasteiger partial charge is 0.0501 e. The fourth-order valence-electron chi connectivity index (χ4n) is 1.91. The van der Waals surface area contributed by atoms with Crippen LogP contribution in [-0.2, 0) is 10.8 Å². The summed E-state index contributed by atoms with van der Waals surface area (Å²) >= 11 is 9.66. The maximum atomic E-state index is 11.3. The number of benzene rings is 1. The van der Waals surface area contributed by atoms with Gasteiger partial charge < -0.3 is 5.32 Å². The average molecular weight is 337 g/mol. The number of hydrogen-bond donors (Lipinski definition) is 1. The molecule has 0 radical (unpaired) electrons. The van der Waals surface area contributed by atoms with Gasteiger partial charge in [-0.2, -0.15) is 0 Å². The molecule has 1 fully saturated rings. The molecule has 0 bridgehead atoms. The molecule has 0 aliphatic carbocycles. The van der Waals surface area contributed by atoms with E-state index in [-0.39, 0.29) is 0 Å². The van der Waals surface area contributed by atoms with Crippen molar-refractivity contribution in [2.24, 2.45) is 0 Å². The van der Waals surface area contributed by atoms with Crippen molar-refractivity contribution in [3.8, 4) is 0 Å². The Kier molecular flexibility index (Phi) is 4.50. The molecule has 17 heavy (non-hydrogen) atoms. The van der Waals surface area contributed by atoms with Gasteiger partial charge in [0.1, 0.15) is 0 Å². The molecule has 1 heterocycles. The standard InChI is InChI=1S/C12H15BrClNOS/c1-8-6-10(13)12(7-11(8)14)15-9-2-4-17(16)5-3-9/h6-7,9,15H,2-5H2,1H3. The molecule has 1 aromatic rings. The summed E-state index contributed by atoms with van der Waals surface area (Å²) in [5, 5.41) is 4.25. The molecule has 1 saturated heterocycles. The zero-order chi connectivity index (χ0) is 12.4. The van der Waals surface area contributed by atoms with E-state index < -0.39 is 10.8 Å². The van der Waals surface area contributed by atoms with Gasteiger partial charge in [-0.1, -0.05) is 11.6 Å². The highest BCUT2D eigenvalue weighted by Gasteiger charge is 2.18. The Bertz CT molecular complexity index is 442. The number of nitrogens with one attached hydrogen (secondary N) is 1. The van der Waals surface area contributed by atoms with E-state index in [0.29, 0.717) is 6.04 Å². The highest BCUT2D eigenvalue weighted by molar-refractivity contribution is 9.10. The van der Waals surface area contributed by atoms with Crippen molar-refractivity contribution in [3.05, 3.63) is 27.2 Å². The van der Waals surface area contributed by atoms with Gasteiger partial charge in [0.05, 0.1) is 5.69 Å². The molecule has 1 N–H and O–H groups in total. The van der Waals surface area contributed by atoms with E-state index in [2.05, 4.69) is 21.2 Å². The average Bonchev–Trinajstić information content (AvgIpc) is 2.29. The van der Waals surface area contributed by atoms with Gasteiger partial charge >= 0.3 is 0 Å². The fraction of sp³-hybridized carbons (Fsp3) is 0.500. The zero-order valence-corrected chi connectivity index (χ0v) is 12.8. The number of aryl methyl sites for hydroxylation is 1. The molecule has 1 aliphatic rings. The van der Waals surface area contributed by atoms with Crippen LogP contribution in [-0.4, -0.2) is 21.8 Å². The van der Waals surface area contributed by atoms with E-state index >= 15 is 0 Å². The number of hydrogen-bond acceptors (Lipinski definition) is 2. The maximum Gasteiger partial charge on any atom is 0.0501 e. The first-order valence-corrected chi connectivity index (χ1v) is 8.29. The second kappa shape index (κ2) is 5.72. The Morgan fingerprint density at radius 1 is 1.41 bits per heavy atom. The Balaban J connectivity index is 2.08. The molecular formula is C12H15BrClNOS. The third-order valence-corrected chi connectivity index (χ3v) is 5.44. The highest BCUT2D eigenvalue weighted by atomic mass is 79.9. The number of halogens is 2. The van der Waals surface area contributed by atoms with Crippen LogP contribution in [0.25, 0.3) is 0 Å². The van der Waals surface area contributed by atoms with Crippen LogP contribution in [0.4, 0.5) is 5.69 Å². The summed E-state index contributed by atoms with van der Waals surface area (Å²) in [7, 11) is -0.610. The van der Waals surface area contributed by atoms with Crippen LogP contribution in [0, 0.1) is 6.92 Å². The molecule has 0 amide bonds. The lowest BCUT2D eigenvalue weighted by atomic mass is 10.1. The lowest BCUT2D eigenvalue weighted by Gasteiger charge is -2.24. The second-order valence-corrected chi connectivity index (χ2v) is 7.31. The van der Waals surface area contributed by atoms with Gasteiger partial charge in [-0.15, -0.1) is 0 Å². The minimum atomic E-state index is -0.610. The topological polar surface area (TPSA) is 29.1 Å². The quantitative estimate of drug-likeness (QED) is 0.891. The SMILES string of the molecule is Cc1cc(Br)c(NC2CCS(=O)CC2)cc1Cl. The first kappa shape index (κ1) is 13.4. The van der Waals surface area contributed by atoms with Crippen LogP contribution in [0.15, 0.2) is 16.6 Å². The van der Waals surface area contributed by atoms with Gasteiger partial charge in [-0.3, -0.25) is 4.21 Å². The summed E-state index contributed by atoms with van der Waals surface area (Å²) < 4.78 is 12.3. The van der Waals surface area contributed by atoms with E-state index in [9.17, 15) is 4.21 Å². The van der Waals surface area contributed by atoms with E-state index in [1.165, 1.54) is 0 Å². The summed E-state index contributed by atoms with van der Waals surface area (Å²) in [5.74, 6) is 1.60. The third-order valence-electron chi connectivity index (χ3n) is 3.00. The Hall–Kier alpha value is -0.0600. The lowest BCUT2D eigenvalue weighted by molar-refractivity contribution is 0.624. The second-order valence-electron chi connectivity index (χ2n) is 4.35. The molecule has 0 saturated carbocycles. The molecule has 0 unspecified atom stereocenters. The molecular weight excluding hydrogens is 322 g/mol. The van der Waals surface area contributed by atoms with Crippen molar-refractivity contribution in [3.63, 3.8) is 0 Å². The van der Waals surface area contributed by atoms with Crippen molar-refractivity contribution in [1.29, 1.82) is 0 Å². The van der Waals surface area contributed by atoms with Crippen molar-refractivity contribution < 1.29 is 4.21 Å². The first-order chi connectivity index (χ1) is 8.06. The van der Waals surface area contributed by atoms with Gasteiger partial charge in [-0.25, -0.2) is 0 Å². The van der Waals surface area contributed by atoms with Crippen LogP contribution in [0.2, 0.25) is 5.02 Å².